The number of halogens is 3. The van der Waals surface area contributed by atoms with Crippen LogP contribution in [0.5, 0.6) is 11.6 Å². The highest BCUT2D eigenvalue weighted by atomic mass is 32.2. The van der Waals surface area contributed by atoms with Crippen molar-refractivity contribution in [2.24, 2.45) is 0 Å². The number of hydrogen-bond acceptors (Lipinski definition) is 7. The van der Waals surface area contributed by atoms with Crippen molar-refractivity contribution in [1.29, 1.82) is 0 Å². The van der Waals surface area contributed by atoms with Gasteiger partial charge in [0.25, 0.3) is 12.3 Å². The van der Waals surface area contributed by atoms with E-state index in [1.807, 2.05) is 0 Å². The number of fused-ring (bicyclic) bond motifs is 1. The van der Waals surface area contributed by atoms with Gasteiger partial charge in [-0.15, -0.1) is 0 Å². The average Bonchev–Trinajstić information content (AvgIpc) is 3.19. The number of alkyl halides is 3. The maximum Gasteiger partial charge on any atom is 0.333 e. The molecule has 39 heavy (non-hydrogen) atoms. The first-order valence-corrected chi connectivity index (χ1v) is 14.0. The second-order valence-corrected chi connectivity index (χ2v) is 11.0. The Labute approximate surface area is 222 Å². The quantitative estimate of drug-likeness (QED) is 0.282. The summed E-state index contributed by atoms with van der Waals surface area (Å²) in [5.41, 5.74) is 0.0237. The van der Waals surface area contributed by atoms with Gasteiger partial charge >= 0.3 is 5.69 Å². The van der Waals surface area contributed by atoms with E-state index in [1.165, 1.54) is 25.4 Å². The molecule has 13 heteroatoms. The SMILES string of the molecule is CCOc1nc(C(CS(C)(=O)=O)n2c(=O)n(C(F)C(F)F)c3c(C)c(-c4ccccc4)cnc32)ccc1OC. The zero-order chi connectivity index (χ0) is 28.5. The van der Waals surface area contributed by atoms with Gasteiger partial charge in [0.1, 0.15) is 9.84 Å². The molecule has 1 aromatic carbocycles. The van der Waals surface area contributed by atoms with E-state index < -0.39 is 40.0 Å². The second kappa shape index (κ2) is 11.1. The predicted molar refractivity (Wildman–Crippen MR) is 140 cm³/mol. The van der Waals surface area contributed by atoms with Gasteiger partial charge in [-0.2, -0.15) is 0 Å². The third-order valence-electron chi connectivity index (χ3n) is 6.17. The van der Waals surface area contributed by atoms with Crippen molar-refractivity contribution >= 4 is 21.0 Å². The molecule has 0 fully saturated rings. The molecule has 2 unspecified atom stereocenters. The average molecular weight is 565 g/mol. The Morgan fingerprint density at radius 3 is 2.33 bits per heavy atom. The van der Waals surface area contributed by atoms with Gasteiger partial charge in [-0.25, -0.2) is 36.4 Å². The number of ether oxygens (including phenoxy) is 2. The molecule has 0 aliphatic rings. The molecule has 0 bridgehead atoms. The number of hydrogen-bond donors (Lipinski definition) is 0. The first kappa shape index (κ1) is 28.1. The molecule has 0 spiro atoms. The minimum absolute atomic E-state index is 0.0410. The predicted octanol–water partition coefficient (Wildman–Crippen LogP) is 4.34. The minimum Gasteiger partial charge on any atom is -0.491 e. The van der Waals surface area contributed by atoms with Crippen LogP contribution in [0.25, 0.3) is 22.3 Å². The smallest absolute Gasteiger partial charge is 0.333 e. The summed E-state index contributed by atoms with van der Waals surface area (Å²) < 4.78 is 79.4. The molecular weight excluding hydrogens is 537 g/mol. The number of imidazole rings is 1. The number of methoxy groups -OCH3 is 1. The van der Waals surface area contributed by atoms with E-state index in [9.17, 15) is 22.0 Å². The second-order valence-electron chi connectivity index (χ2n) is 8.85. The van der Waals surface area contributed by atoms with Crippen LogP contribution in [0.3, 0.4) is 0 Å². The standard InChI is InChI=1S/C26H27F3N4O5S/c1-5-38-25-20(37-3)12-11-18(31-25)19(14-39(4,35)36)32-24-21(33(26(32)34)23(29)22(27)28)15(2)17(13-30-24)16-9-7-6-8-10-16/h6-13,19,22-23H,5,14H2,1-4H3. The van der Waals surface area contributed by atoms with Gasteiger partial charge in [-0.05, 0) is 37.1 Å². The van der Waals surface area contributed by atoms with E-state index in [-0.39, 0.29) is 35.1 Å². The van der Waals surface area contributed by atoms with Gasteiger partial charge in [0.2, 0.25) is 6.30 Å². The molecular formula is C26H27F3N4O5S. The Balaban J connectivity index is 2.08. The highest BCUT2D eigenvalue weighted by Crippen LogP contribution is 2.34. The van der Waals surface area contributed by atoms with Gasteiger partial charge in [-0.3, -0.25) is 9.13 Å². The Morgan fingerprint density at radius 1 is 1.05 bits per heavy atom. The van der Waals surface area contributed by atoms with E-state index in [1.54, 1.807) is 44.2 Å². The zero-order valence-corrected chi connectivity index (χ0v) is 22.5. The normalized spacial score (nSPS) is 13.5. The highest BCUT2D eigenvalue weighted by molar-refractivity contribution is 7.90. The van der Waals surface area contributed by atoms with Crippen LogP contribution in [-0.2, 0) is 9.84 Å². The lowest BCUT2D eigenvalue weighted by molar-refractivity contribution is 0.00801. The zero-order valence-electron chi connectivity index (χ0n) is 21.6. The Morgan fingerprint density at radius 2 is 1.74 bits per heavy atom. The molecule has 0 saturated carbocycles. The first-order valence-electron chi connectivity index (χ1n) is 11.9. The largest absolute Gasteiger partial charge is 0.491 e. The molecule has 208 valence electrons. The lowest BCUT2D eigenvalue weighted by atomic mass is 10.0. The number of sulfone groups is 1. The van der Waals surface area contributed by atoms with E-state index in [0.29, 0.717) is 21.3 Å². The van der Waals surface area contributed by atoms with Gasteiger partial charge in [0.05, 0.1) is 36.7 Å². The van der Waals surface area contributed by atoms with Crippen LogP contribution in [0.4, 0.5) is 13.2 Å². The molecule has 3 aromatic heterocycles. The lowest BCUT2D eigenvalue weighted by Crippen LogP contribution is -2.34. The van der Waals surface area contributed by atoms with E-state index in [0.717, 1.165) is 10.8 Å². The number of benzene rings is 1. The van der Waals surface area contributed by atoms with E-state index in [4.69, 9.17) is 9.47 Å². The Hall–Kier alpha value is -3.87. The Kier molecular flexibility index (Phi) is 8.00. The van der Waals surface area contributed by atoms with Crippen LogP contribution in [-0.4, -0.2) is 59.7 Å². The summed E-state index contributed by atoms with van der Waals surface area (Å²) in [7, 11) is -2.39. The summed E-state index contributed by atoms with van der Waals surface area (Å²) in [6.45, 7) is 3.49. The Bertz CT molecular complexity index is 1660. The molecule has 0 saturated heterocycles. The summed E-state index contributed by atoms with van der Waals surface area (Å²) in [5.74, 6) is -0.348. The van der Waals surface area contributed by atoms with Gasteiger partial charge in [0, 0.05) is 18.0 Å². The molecule has 0 aliphatic heterocycles. The molecule has 0 aliphatic carbocycles. The van der Waals surface area contributed by atoms with Crippen molar-refractivity contribution in [3.8, 4) is 22.8 Å². The monoisotopic (exact) mass is 564 g/mol. The van der Waals surface area contributed by atoms with Crippen LogP contribution >= 0.6 is 0 Å². The number of pyridine rings is 2. The number of aromatic nitrogens is 4. The van der Waals surface area contributed by atoms with Crippen molar-refractivity contribution in [3.05, 3.63) is 70.4 Å². The fraction of sp³-hybridized carbons (Fsp3) is 0.346. The van der Waals surface area contributed by atoms with Gasteiger partial charge in [0.15, 0.2) is 11.4 Å². The maximum atomic E-state index is 15.0. The molecule has 0 N–H and O–H groups in total. The highest BCUT2D eigenvalue weighted by Gasteiger charge is 2.34. The van der Waals surface area contributed by atoms with Crippen LogP contribution in [0.2, 0.25) is 0 Å². The van der Waals surface area contributed by atoms with Crippen molar-refractivity contribution in [3.63, 3.8) is 0 Å². The molecule has 4 rings (SSSR count). The van der Waals surface area contributed by atoms with Crippen molar-refractivity contribution < 1.29 is 31.1 Å². The molecule has 0 radical (unpaired) electrons. The van der Waals surface area contributed by atoms with Crippen LogP contribution < -0.4 is 15.2 Å². The van der Waals surface area contributed by atoms with Crippen molar-refractivity contribution in [2.75, 3.05) is 25.7 Å². The maximum absolute atomic E-state index is 15.0. The molecule has 2 atom stereocenters. The van der Waals surface area contributed by atoms with Crippen molar-refractivity contribution in [2.45, 2.75) is 32.6 Å². The van der Waals surface area contributed by atoms with E-state index >= 15 is 4.39 Å². The van der Waals surface area contributed by atoms with Crippen molar-refractivity contribution in [1.82, 2.24) is 19.1 Å². The number of aryl methyl sites for hydroxylation is 1. The topological polar surface area (TPSA) is 105 Å². The summed E-state index contributed by atoms with van der Waals surface area (Å²) >= 11 is 0. The summed E-state index contributed by atoms with van der Waals surface area (Å²) in [6.07, 6.45) is -4.14. The number of rotatable bonds is 10. The van der Waals surface area contributed by atoms with Crippen LogP contribution in [0, 0.1) is 6.92 Å². The van der Waals surface area contributed by atoms with Crippen LogP contribution in [0.1, 0.15) is 30.5 Å². The lowest BCUT2D eigenvalue weighted by Gasteiger charge is -2.19. The van der Waals surface area contributed by atoms with Gasteiger partial charge in [-0.1, -0.05) is 30.3 Å². The molecule has 0 amide bonds. The van der Waals surface area contributed by atoms with Crippen LogP contribution in [0.15, 0.2) is 53.5 Å². The third-order valence-corrected chi connectivity index (χ3v) is 7.09. The first-order chi connectivity index (χ1) is 18.5. The third kappa shape index (κ3) is 5.49. The molecule has 9 nitrogen and oxygen atoms in total. The summed E-state index contributed by atoms with van der Waals surface area (Å²) in [6, 6.07) is 10.4. The van der Waals surface area contributed by atoms with E-state index in [2.05, 4.69) is 9.97 Å². The summed E-state index contributed by atoms with van der Waals surface area (Å²) in [5, 5.41) is 0. The summed E-state index contributed by atoms with van der Waals surface area (Å²) in [4.78, 5) is 22.4. The molecule has 3 heterocycles. The fourth-order valence-electron chi connectivity index (χ4n) is 4.48. The fourth-order valence-corrected chi connectivity index (χ4v) is 5.37. The molecule has 4 aromatic rings. The number of nitrogens with zero attached hydrogens (tertiary/aromatic N) is 4. The van der Waals surface area contributed by atoms with Gasteiger partial charge < -0.3 is 9.47 Å². The minimum atomic E-state index is -3.79.